The van der Waals surface area contributed by atoms with Gasteiger partial charge >= 0.3 is 0 Å². The van der Waals surface area contributed by atoms with E-state index in [4.69, 9.17) is 11.6 Å². The molecule has 1 N–H and O–H groups in total. The molecule has 2 heterocycles. The molecule has 0 bridgehead atoms. The lowest BCUT2D eigenvalue weighted by molar-refractivity contribution is 0.238. The van der Waals surface area contributed by atoms with Crippen LogP contribution in [-0.2, 0) is 10.0 Å². The molecule has 1 aliphatic rings. The minimum atomic E-state index is -4.75. The second-order valence-corrected chi connectivity index (χ2v) is 10.5. The first-order valence-corrected chi connectivity index (χ1v) is 11.4. The van der Waals surface area contributed by atoms with Gasteiger partial charge in [-0.15, -0.1) is 0 Å². The van der Waals surface area contributed by atoms with Gasteiger partial charge in [-0.05, 0) is 45.0 Å². The lowest BCUT2D eigenvalue weighted by Crippen LogP contribution is -2.34. The van der Waals surface area contributed by atoms with E-state index in [2.05, 4.69) is 11.9 Å². The molecule has 2 aromatic rings. The van der Waals surface area contributed by atoms with Crippen LogP contribution >= 0.6 is 11.6 Å². The molecule has 1 saturated heterocycles. The molecule has 1 aromatic carbocycles. The summed E-state index contributed by atoms with van der Waals surface area (Å²) < 4.78 is 70.3. The minimum absolute atomic E-state index is 0.0571. The number of hydrogen-bond donors (Lipinski definition) is 1. The quantitative estimate of drug-likeness (QED) is 0.502. The van der Waals surface area contributed by atoms with Crippen LogP contribution in [0.5, 0.6) is 0 Å². The molecule has 0 spiro atoms. The smallest absolute Gasteiger partial charge is 0.268 e. The lowest BCUT2D eigenvalue weighted by Gasteiger charge is -2.29. The van der Waals surface area contributed by atoms with E-state index in [0.29, 0.717) is 6.54 Å². The Morgan fingerprint density at radius 3 is 2.61 bits per heavy atom. The predicted molar refractivity (Wildman–Crippen MR) is 114 cm³/mol. The largest absolute Gasteiger partial charge is 0.367 e. The van der Waals surface area contributed by atoms with E-state index in [1.54, 1.807) is 4.90 Å². The zero-order valence-electron chi connectivity index (χ0n) is 17.6. The van der Waals surface area contributed by atoms with Gasteiger partial charge < -0.3 is 9.80 Å². The van der Waals surface area contributed by atoms with E-state index in [0.717, 1.165) is 31.2 Å². The highest BCUT2D eigenvalue weighted by molar-refractivity contribution is 7.92. The molecule has 3 rings (SSSR count). The highest BCUT2D eigenvalue weighted by Crippen LogP contribution is 2.43. The molecule has 0 amide bonds. The van der Waals surface area contributed by atoms with E-state index in [9.17, 15) is 17.2 Å². The van der Waals surface area contributed by atoms with Gasteiger partial charge in [0.05, 0.1) is 5.69 Å². The summed E-state index contributed by atoms with van der Waals surface area (Å²) in [6, 6.07) is 4.24. The van der Waals surface area contributed by atoms with E-state index in [1.807, 2.05) is 30.6 Å². The Labute approximate surface area is 185 Å². The fourth-order valence-electron chi connectivity index (χ4n) is 4.33. The van der Waals surface area contributed by atoms with Gasteiger partial charge in [-0.1, -0.05) is 24.6 Å². The first-order chi connectivity index (χ1) is 14.3. The standard InChI is InChI=1S/C20H24ClF3N4O2S/c1-12-9-20(2,10-27(3)4)11-28(12)14-8-13(22)19(18(24)17(14)21)31(29,30)26-16-7-5-6-15(23)25-16/h5-8,12H,9-11H2,1-4H3,(H,25,26)/t12-,20+/m0/s1. The van der Waals surface area contributed by atoms with Crippen molar-refractivity contribution in [3.05, 3.63) is 46.9 Å². The summed E-state index contributed by atoms with van der Waals surface area (Å²) in [6.45, 7) is 5.28. The average Bonchev–Trinajstić information content (AvgIpc) is 2.90. The maximum absolute atomic E-state index is 15.1. The normalized spacial score (nSPS) is 21.7. The van der Waals surface area contributed by atoms with Crippen molar-refractivity contribution in [1.29, 1.82) is 0 Å². The van der Waals surface area contributed by atoms with Crippen LogP contribution in [0.1, 0.15) is 20.3 Å². The Morgan fingerprint density at radius 2 is 2.00 bits per heavy atom. The number of sulfonamides is 1. The highest BCUT2D eigenvalue weighted by atomic mass is 35.5. The Morgan fingerprint density at radius 1 is 1.32 bits per heavy atom. The van der Waals surface area contributed by atoms with E-state index < -0.39 is 43.3 Å². The molecule has 0 aliphatic carbocycles. The molecule has 0 saturated carbocycles. The molecule has 2 atom stereocenters. The maximum Gasteiger partial charge on any atom is 0.268 e. The second-order valence-electron chi connectivity index (χ2n) is 8.52. The van der Waals surface area contributed by atoms with Crippen molar-refractivity contribution in [1.82, 2.24) is 9.88 Å². The van der Waals surface area contributed by atoms with Crippen LogP contribution in [0, 0.1) is 23.0 Å². The van der Waals surface area contributed by atoms with Crippen LogP contribution in [0.2, 0.25) is 5.02 Å². The summed E-state index contributed by atoms with van der Waals surface area (Å²) in [6.07, 6.45) is 0.775. The summed E-state index contributed by atoms with van der Waals surface area (Å²) in [5, 5.41) is -0.491. The van der Waals surface area contributed by atoms with E-state index in [1.165, 1.54) is 6.07 Å². The number of aromatic nitrogens is 1. The SMILES string of the molecule is C[C@H]1C[C@](C)(CN(C)C)CN1c1cc(F)c(S(=O)(=O)Nc2cccc(F)n2)c(F)c1Cl. The summed E-state index contributed by atoms with van der Waals surface area (Å²) in [4.78, 5) is 5.94. The molecule has 6 nitrogen and oxygen atoms in total. The molecule has 0 radical (unpaired) electrons. The number of halogens is 4. The van der Waals surface area contributed by atoms with Gasteiger partial charge in [-0.3, -0.25) is 4.72 Å². The fourth-order valence-corrected chi connectivity index (χ4v) is 5.79. The number of benzene rings is 1. The van der Waals surface area contributed by atoms with Crippen molar-refractivity contribution < 1.29 is 21.6 Å². The van der Waals surface area contributed by atoms with Crippen molar-refractivity contribution >= 4 is 33.1 Å². The number of anilines is 2. The molecule has 0 unspecified atom stereocenters. The molecule has 1 fully saturated rings. The zero-order valence-corrected chi connectivity index (χ0v) is 19.2. The average molecular weight is 477 g/mol. The molecular weight excluding hydrogens is 453 g/mol. The van der Waals surface area contributed by atoms with Gasteiger partial charge in [0.25, 0.3) is 10.0 Å². The third-order valence-corrected chi connectivity index (χ3v) is 6.95. The maximum atomic E-state index is 15.1. The molecule has 1 aliphatic heterocycles. The van der Waals surface area contributed by atoms with Gasteiger partial charge in [0, 0.05) is 25.2 Å². The Bertz CT molecular complexity index is 1100. The van der Waals surface area contributed by atoms with Gasteiger partial charge in [-0.2, -0.15) is 4.39 Å². The van der Waals surface area contributed by atoms with Gasteiger partial charge in [0.2, 0.25) is 5.95 Å². The number of rotatable bonds is 6. The van der Waals surface area contributed by atoms with Crippen molar-refractivity contribution in [2.45, 2.75) is 31.2 Å². The number of nitrogens with one attached hydrogen (secondary N) is 1. The van der Waals surface area contributed by atoms with Gasteiger partial charge in [0.1, 0.15) is 16.7 Å². The number of hydrogen-bond acceptors (Lipinski definition) is 5. The van der Waals surface area contributed by atoms with E-state index >= 15 is 4.39 Å². The third-order valence-electron chi connectivity index (χ3n) is 5.20. The first kappa shape index (κ1) is 23.6. The topological polar surface area (TPSA) is 65.5 Å². The lowest BCUT2D eigenvalue weighted by atomic mass is 9.88. The Hall–Kier alpha value is -2.04. The number of pyridine rings is 1. The molecular formula is C20H24ClF3N4O2S. The van der Waals surface area contributed by atoms with Crippen molar-refractivity contribution in [3.63, 3.8) is 0 Å². The second kappa shape index (κ2) is 8.48. The van der Waals surface area contributed by atoms with Crippen LogP contribution in [0.25, 0.3) is 0 Å². The molecule has 11 heteroatoms. The first-order valence-electron chi connectivity index (χ1n) is 9.57. The van der Waals surface area contributed by atoms with Crippen LogP contribution in [-0.4, -0.2) is 51.5 Å². The van der Waals surface area contributed by atoms with Gasteiger partial charge in [-0.25, -0.2) is 22.2 Å². The van der Waals surface area contributed by atoms with Crippen molar-refractivity contribution in [2.75, 3.05) is 36.8 Å². The molecule has 170 valence electrons. The van der Waals surface area contributed by atoms with Crippen LogP contribution in [0.4, 0.5) is 24.7 Å². The van der Waals surface area contributed by atoms with Gasteiger partial charge in [0.15, 0.2) is 10.7 Å². The summed E-state index contributed by atoms with van der Waals surface area (Å²) in [7, 11) is -0.846. The molecule has 31 heavy (non-hydrogen) atoms. The van der Waals surface area contributed by atoms with Crippen LogP contribution < -0.4 is 9.62 Å². The summed E-state index contributed by atoms with van der Waals surface area (Å²) in [5.41, 5.74) is -0.0383. The van der Waals surface area contributed by atoms with E-state index in [-0.39, 0.29) is 17.1 Å². The fraction of sp³-hybridized carbons (Fsp3) is 0.450. The van der Waals surface area contributed by atoms with Crippen LogP contribution in [0.15, 0.2) is 29.2 Å². The predicted octanol–water partition coefficient (Wildman–Crippen LogP) is 4.12. The highest BCUT2D eigenvalue weighted by Gasteiger charge is 2.41. The van der Waals surface area contributed by atoms with Crippen molar-refractivity contribution in [2.24, 2.45) is 5.41 Å². The Kier molecular flexibility index (Phi) is 6.46. The minimum Gasteiger partial charge on any atom is -0.367 e. The monoisotopic (exact) mass is 476 g/mol. The zero-order chi connectivity index (χ0) is 23.1. The van der Waals surface area contributed by atoms with Crippen molar-refractivity contribution in [3.8, 4) is 0 Å². The summed E-state index contributed by atoms with van der Waals surface area (Å²) >= 11 is 6.19. The number of nitrogens with zero attached hydrogens (tertiary/aromatic N) is 3. The molecule has 1 aromatic heterocycles. The summed E-state index contributed by atoms with van der Waals surface area (Å²) in [5.74, 6) is -4.06. The Balaban J connectivity index is 1.98. The van der Waals surface area contributed by atoms with Crippen LogP contribution in [0.3, 0.4) is 0 Å². The third kappa shape index (κ3) is 4.91.